The molecule has 5 rings (SSSR count). The molecular weight excluding hydrogens is 428 g/mol. The van der Waals surface area contributed by atoms with Crippen molar-refractivity contribution in [3.63, 3.8) is 0 Å². The molecule has 3 heterocycles. The molecule has 7 heteroatoms. The standard InChI is InChI=1S/C24H24N2O3S2/c1-30-20-9-7-18(8-10-20)22-11-12-23(27)26-15-17-13-19(24(22)26)16-25(14-17)31(28,29)21-5-3-2-4-6-21/h2-12,17,19H,13-16H2,1H3/t17-,19-/m0/s1. The smallest absolute Gasteiger partial charge is 0.250 e. The molecule has 2 aliphatic rings. The third-order valence-electron chi connectivity index (χ3n) is 6.34. The topological polar surface area (TPSA) is 59.4 Å². The molecule has 0 saturated carbocycles. The summed E-state index contributed by atoms with van der Waals surface area (Å²) in [6, 6.07) is 20.5. The van der Waals surface area contributed by atoms with E-state index in [2.05, 4.69) is 24.3 Å². The van der Waals surface area contributed by atoms with Gasteiger partial charge in [0.15, 0.2) is 0 Å². The number of nitrogens with zero attached hydrogens (tertiary/aromatic N) is 2. The van der Waals surface area contributed by atoms with Crippen LogP contribution in [0.15, 0.2) is 81.3 Å². The predicted octanol–water partition coefficient (Wildman–Crippen LogP) is 4.05. The van der Waals surface area contributed by atoms with Crippen molar-refractivity contribution in [1.82, 2.24) is 8.87 Å². The van der Waals surface area contributed by atoms with Gasteiger partial charge in [-0.3, -0.25) is 4.79 Å². The van der Waals surface area contributed by atoms with Crippen LogP contribution in [0, 0.1) is 5.92 Å². The van der Waals surface area contributed by atoms with Gasteiger partial charge in [0.1, 0.15) is 0 Å². The van der Waals surface area contributed by atoms with E-state index in [0.29, 0.717) is 24.5 Å². The molecular formula is C24H24N2O3S2. The number of fused-ring (bicyclic) bond motifs is 4. The lowest BCUT2D eigenvalue weighted by Gasteiger charge is -2.42. The Balaban J connectivity index is 1.56. The SMILES string of the molecule is CSc1ccc(-c2ccc(=O)n3c2[C@H]2C[C@@H](CN(S(=O)(=O)c4ccccc4)C2)C3)cc1. The van der Waals surface area contributed by atoms with Gasteiger partial charge in [0.05, 0.1) is 4.90 Å². The van der Waals surface area contributed by atoms with Crippen LogP contribution in [0.2, 0.25) is 0 Å². The monoisotopic (exact) mass is 452 g/mol. The van der Waals surface area contributed by atoms with Crippen LogP contribution < -0.4 is 5.56 Å². The average molecular weight is 453 g/mol. The Morgan fingerprint density at radius 1 is 0.903 bits per heavy atom. The van der Waals surface area contributed by atoms with Crippen molar-refractivity contribution < 1.29 is 8.42 Å². The van der Waals surface area contributed by atoms with E-state index in [1.54, 1.807) is 46.4 Å². The Labute approximate surface area is 186 Å². The quantitative estimate of drug-likeness (QED) is 0.561. The zero-order valence-electron chi connectivity index (χ0n) is 17.3. The molecule has 0 amide bonds. The second kappa shape index (κ2) is 7.97. The average Bonchev–Trinajstić information content (AvgIpc) is 2.80. The van der Waals surface area contributed by atoms with Gasteiger partial charge in [-0.2, -0.15) is 4.31 Å². The summed E-state index contributed by atoms with van der Waals surface area (Å²) in [6.07, 6.45) is 2.95. The van der Waals surface area contributed by atoms with Crippen LogP contribution in [-0.2, 0) is 16.6 Å². The number of pyridine rings is 1. The summed E-state index contributed by atoms with van der Waals surface area (Å²) >= 11 is 1.69. The van der Waals surface area contributed by atoms with Crippen molar-refractivity contribution in [1.29, 1.82) is 0 Å². The van der Waals surface area contributed by atoms with Crippen LogP contribution in [0.25, 0.3) is 11.1 Å². The molecule has 31 heavy (non-hydrogen) atoms. The van der Waals surface area contributed by atoms with Crippen molar-refractivity contribution in [3.05, 3.63) is 82.8 Å². The lowest BCUT2D eigenvalue weighted by Crippen LogP contribution is -2.49. The van der Waals surface area contributed by atoms with Gasteiger partial charge in [-0.25, -0.2) is 8.42 Å². The normalized spacial score (nSPS) is 20.9. The molecule has 1 aromatic heterocycles. The van der Waals surface area contributed by atoms with Crippen LogP contribution in [0.1, 0.15) is 18.0 Å². The maximum Gasteiger partial charge on any atom is 0.250 e. The van der Waals surface area contributed by atoms with E-state index >= 15 is 0 Å². The van der Waals surface area contributed by atoms with E-state index in [0.717, 1.165) is 23.2 Å². The van der Waals surface area contributed by atoms with E-state index in [1.807, 2.05) is 23.0 Å². The number of thioether (sulfide) groups is 1. The number of benzene rings is 2. The minimum Gasteiger partial charge on any atom is -0.311 e. The first-order valence-electron chi connectivity index (χ1n) is 10.4. The fourth-order valence-corrected chi connectivity index (χ4v) is 6.91. The highest BCUT2D eigenvalue weighted by Gasteiger charge is 2.40. The number of piperidine rings is 1. The Morgan fingerprint density at radius 3 is 2.35 bits per heavy atom. The van der Waals surface area contributed by atoms with Crippen LogP contribution >= 0.6 is 11.8 Å². The lowest BCUT2D eigenvalue weighted by molar-refractivity contribution is 0.187. The Hall–Kier alpha value is -2.35. The summed E-state index contributed by atoms with van der Waals surface area (Å²) in [4.78, 5) is 14.2. The number of aromatic nitrogens is 1. The zero-order valence-corrected chi connectivity index (χ0v) is 18.9. The van der Waals surface area contributed by atoms with Gasteiger partial charge in [-0.15, -0.1) is 11.8 Å². The first-order valence-corrected chi connectivity index (χ1v) is 13.1. The highest BCUT2D eigenvalue weighted by molar-refractivity contribution is 7.98. The van der Waals surface area contributed by atoms with Gasteiger partial charge < -0.3 is 4.57 Å². The van der Waals surface area contributed by atoms with E-state index in [-0.39, 0.29) is 17.4 Å². The third kappa shape index (κ3) is 3.64. The minimum absolute atomic E-state index is 0.00452. The van der Waals surface area contributed by atoms with Crippen LogP contribution in [0.4, 0.5) is 0 Å². The van der Waals surface area contributed by atoms with Crippen molar-refractivity contribution >= 4 is 21.8 Å². The van der Waals surface area contributed by atoms with Gasteiger partial charge in [-0.05, 0) is 54.5 Å². The summed E-state index contributed by atoms with van der Waals surface area (Å²) < 4.78 is 30.0. The number of rotatable bonds is 4. The van der Waals surface area contributed by atoms with Gasteiger partial charge in [0.25, 0.3) is 5.56 Å². The zero-order chi connectivity index (χ0) is 21.6. The van der Waals surface area contributed by atoms with Gasteiger partial charge in [-0.1, -0.05) is 30.3 Å². The molecule has 160 valence electrons. The summed E-state index contributed by atoms with van der Waals surface area (Å²) in [7, 11) is -3.56. The van der Waals surface area contributed by atoms with Gasteiger partial charge >= 0.3 is 0 Å². The molecule has 2 aromatic carbocycles. The van der Waals surface area contributed by atoms with Gasteiger partial charge in [0, 0.05) is 47.8 Å². The molecule has 2 atom stereocenters. The molecule has 1 fully saturated rings. The molecule has 0 radical (unpaired) electrons. The highest BCUT2D eigenvalue weighted by Crippen LogP contribution is 2.41. The Morgan fingerprint density at radius 2 is 1.65 bits per heavy atom. The maximum absolute atomic E-state index is 13.3. The first-order chi connectivity index (χ1) is 15.0. The molecule has 0 N–H and O–H groups in total. The third-order valence-corrected chi connectivity index (χ3v) is 8.93. The van der Waals surface area contributed by atoms with Crippen molar-refractivity contribution in [3.8, 4) is 11.1 Å². The number of hydrogen-bond acceptors (Lipinski definition) is 4. The lowest BCUT2D eigenvalue weighted by atomic mass is 9.81. The Bertz CT molecular complexity index is 1270. The minimum atomic E-state index is -3.56. The highest BCUT2D eigenvalue weighted by atomic mass is 32.2. The second-order valence-electron chi connectivity index (χ2n) is 8.24. The molecule has 5 nitrogen and oxygen atoms in total. The van der Waals surface area contributed by atoms with E-state index in [1.165, 1.54) is 4.90 Å². The summed E-state index contributed by atoms with van der Waals surface area (Å²) in [5, 5.41) is 0. The molecule has 2 bridgehead atoms. The Kier molecular flexibility index (Phi) is 5.28. The largest absolute Gasteiger partial charge is 0.311 e. The van der Waals surface area contributed by atoms with E-state index in [4.69, 9.17) is 0 Å². The molecule has 0 unspecified atom stereocenters. The van der Waals surface area contributed by atoms with E-state index in [9.17, 15) is 13.2 Å². The maximum atomic E-state index is 13.3. The summed E-state index contributed by atoms with van der Waals surface area (Å²) in [5.74, 6) is 0.131. The molecule has 1 saturated heterocycles. The summed E-state index contributed by atoms with van der Waals surface area (Å²) in [6.45, 7) is 1.40. The first kappa shape index (κ1) is 20.5. The fraction of sp³-hybridized carbons (Fsp3) is 0.292. The number of sulfonamides is 1. The molecule has 0 aliphatic carbocycles. The second-order valence-corrected chi connectivity index (χ2v) is 11.1. The molecule has 0 spiro atoms. The van der Waals surface area contributed by atoms with Crippen LogP contribution in [0.3, 0.4) is 0 Å². The fourth-order valence-electron chi connectivity index (χ4n) is 4.92. The van der Waals surface area contributed by atoms with Crippen LogP contribution in [0.5, 0.6) is 0 Å². The summed E-state index contributed by atoms with van der Waals surface area (Å²) in [5.41, 5.74) is 3.04. The van der Waals surface area contributed by atoms with Crippen LogP contribution in [-0.4, -0.2) is 36.6 Å². The van der Waals surface area contributed by atoms with Crippen molar-refractivity contribution in [2.75, 3.05) is 19.3 Å². The van der Waals surface area contributed by atoms with Gasteiger partial charge in [0.2, 0.25) is 10.0 Å². The molecule has 3 aromatic rings. The number of hydrogen-bond donors (Lipinski definition) is 0. The van der Waals surface area contributed by atoms with Crippen molar-refractivity contribution in [2.45, 2.75) is 28.7 Å². The molecule has 2 aliphatic heterocycles. The predicted molar refractivity (Wildman–Crippen MR) is 124 cm³/mol. The van der Waals surface area contributed by atoms with Crippen molar-refractivity contribution in [2.24, 2.45) is 5.92 Å². The van der Waals surface area contributed by atoms with E-state index < -0.39 is 10.0 Å².